The van der Waals surface area contributed by atoms with Gasteiger partial charge in [0.2, 0.25) is 0 Å². The highest BCUT2D eigenvalue weighted by atomic mass is 16.3. The van der Waals surface area contributed by atoms with Gasteiger partial charge in [0.05, 0.1) is 6.61 Å². The van der Waals surface area contributed by atoms with E-state index in [0.29, 0.717) is 11.3 Å². The lowest BCUT2D eigenvalue weighted by Gasteiger charge is -2.47. The zero-order chi connectivity index (χ0) is 16.2. The van der Waals surface area contributed by atoms with Crippen LogP contribution in [-0.4, -0.2) is 73.4 Å². The van der Waals surface area contributed by atoms with Gasteiger partial charge < -0.3 is 20.2 Å². The molecule has 1 aliphatic heterocycles. The monoisotopic (exact) mass is 311 g/mol. The van der Waals surface area contributed by atoms with Crippen molar-refractivity contribution < 1.29 is 5.11 Å². The van der Waals surface area contributed by atoms with Gasteiger partial charge in [-0.05, 0) is 57.2 Å². The van der Waals surface area contributed by atoms with E-state index in [4.69, 9.17) is 0 Å². The van der Waals surface area contributed by atoms with Gasteiger partial charge in [0.25, 0.3) is 0 Å². The second-order valence-electron chi connectivity index (χ2n) is 8.72. The van der Waals surface area contributed by atoms with Crippen LogP contribution in [0.5, 0.6) is 0 Å². The first-order chi connectivity index (χ1) is 10.3. The third-order valence-corrected chi connectivity index (χ3v) is 5.51. The van der Waals surface area contributed by atoms with Crippen LogP contribution in [0.25, 0.3) is 0 Å². The van der Waals surface area contributed by atoms with E-state index in [-0.39, 0.29) is 12.1 Å². The van der Waals surface area contributed by atoms with E-state index in [1.807, 2.05) is 0 Å². The molecule has 1 saturated heterocycles. The summed E-state index contributed by atoms with van der Waals surface area (Å²) in [6.45, 7) is 14.3. The summed E-state index contributed by atoms with van der Waals surface area (Å²) in [5.74, 6) is 0.695. The Kier molecular flexibility index (Phi) is 6.29. The molecule has 2 atom stereocenters. The fraction of sp³-hybridized carbons (Fsp3) is 1.00. The molecule has 0 aromatic carbocycles. The molecule has 2 rings (SSSR count). The van der Waals surface area contributed by atoms with Crippen LogP contribution >= 0.6 is 0 Å². The molecular formula is C18H37N3O. The summed E-state index contributed by atoms with van der Waals surface area (Å²) in [5.41, 5.74) is 0.286. The van der Waals surface area contributed by atoms with Gasteiger partial charge in [0.15, 0.2) is 0 Å². The van der Waals surface area contributed by atoms with E-state index < -0.39 is 0 Å². The van der Waals surface area contributed by atoms with Gasteiger partial charge in [0.1, 0.15) is 0 Å². The Balaban J connectivity index is 1.74. The summed E-state index contributed by atoms with van der Waals surface area (Å²) in [7, 11) is 2.20. The van der Waals surface area contributed by atoms with E-state index >= 15 is 0 Å². The molecule has 1 heterocycles. The zero-order valence-electron chi connectivity index (χ0n) is 15.2. The van der Waals surface area contributed by atoms with Crippen molar-refractivity contribution in [3.05, 3.63) is 0 Å². The molecule has 2 N–H and O–H groups in total. The Morgan fingerprint density at radius 3 is 2.41 bits per heavy atom. The summed E-state index contributed by atoms with van der Waals surface area (Å²) < 4.78 is 0. The summed E-state index contributed by atoms with van der Waals surface area (Å²) in [5, 5.41) is 13.7. The smallest absolute Gasteiger partial charge is 0.0613 e. The van der Waals surface area contributed by atoms with Crippen LogP contribution in [0.15, 0.2) is 0 Å². The molecule has 1 aliphatic carbocycles. The van der Waals surface area contributed by atoms with Crippen LogP contribution < -0.4 is 5.32 Å². The standard InChI is InChI=1S/C18H37N3O/c1-16-12-17(2,3)14-18(13-16,15-22)19-6-5-7-21-10-8-20(4)9-11-21/h16,19,22H,5-15H2,1-4H3. The predicted octanol–water partition coefficient (Wildman–Crippen LogP) is 1.79. The van der Waals surface area contributed by atoms with Crippen molar-refractivity contribution in [2.45, 2.75) is 52.0 Å². The molecule has 0 aromatic rings. The zero-order valence-corrected chi connectivity index (χ0v) is 15.2. The molecule has 1 saturated carbocycles. The van der Waals surface area contributed by atoms with Crippen LogP contribution in [-0.2, 0) is 0 Å². The molecule has 0 aromatic heterocycles. The molecule has 2 aliphatic rings. The normalized spacial score (nSPS) is 34.0. The lowest BCUT2D eigenvalue weighted by Crippen LogP contribution is -2.55. The van der Waals surface area contributed by atoms with Crippen molar-refractivity contribution in [2.75, 3.05) is 52.9 Å². The van der Waals surface area contributed by atoms with Crippen molar-refractivity contribution in [3.63, 3.8) is 0 Å². The number of hydrogen-bond donors (Lipinski definition) is 2. The molecule has 0 amide bonds. The average Bonchev–Trinajstić information content (AvgIpc) is 2.43. The number of aliphatic hydroxyl groups excluding tert-OH is 1. The number of nitrogens with zero attached hydrogens (tertiary/aromatic N) is 2. The van der Waals surface area contributed by atoms with Crippen molar-refractivity contribution in [3.8, 4) is 0 Å². The highest BCUT2D eigenvalue weighted by Gasteiger charge is 2.42. The molecule has 130 valence electrons. The Hall–Kier alpha value is -0.160. The first-order valence-corrected chi connectivity index (χ1v) is 9.11. The third-order valence-electron chi connectivity index (χ3n) is 5.51. The summed E-state index contributed by atoms with van der Waals surface area (Å²) in [6, 6.07) is 0. The predicted molar refractivity (Wildman–Crippen MR) is 93.2 cm³/mol. The molecule has 22 heavy (non-hydrogen) atoms. The fourth-order valence-electron chi connectivity index (χ4n) is 4.78. The Bertz CT molecular complexity index is 339. The second kappa shape index (κ2) is 7.61. The number of nitrogens with one attached hydrogen (secondary N) is 1. The number of hydrogen-bond acceptors (Lipinski definition) is 4. The SMILES string of the molecule is CC1CC(C)(C)CC(CO)(NCCCN2CCN(C)CC2)C1. The van der Waals surface area contributed by atoms with Gasteiger partial charge in [-0.1, -0.05) is 20.8 Å². The quantitative estimate of drug-likeness (QED) is 0.734. The lowest BCUT2D eigenvalue weighted by molar-refractivity contribution is 0.0357. The first kappa shape index (κ1) is 18.2. The second-order valence-corrected chi connectivity index (χ2v) is 8.72. The third kappa shape index (κ3) is 5.19. The minimum Gasteiger partial charge on any atom is -0.394 e. The number of likely N-dealkylation sites (N-methyl/N-ethyl adjacent to an activating group) is 1. The van der Waals surface area contributed by atoms with Gasteiger partial charge in [-0.25, -0.2) is 0 Å². The molecule has 4 nitrogen and oxygen atoms in total. The van der Waals surface area contributed by atoms with Crippen molar-refractivity contribution in [1.82, 2.24) is 15.1 Å². The van der Waals surface area contributed by atoms with Crippen molar-refractivity contribution >= 4 is 0 Å². The van der Waals surface area contributed by atoms with Crippen LogP contribution in [0.2, 0.25) is 0 Å². The van der Waals surface area contributed by atoms with Gasteiger partial charge in [-0.3, -0.25) is 0 Å². The molecule has 4 heteroatoms. The number of piperazine rings is 1. The Morgan fingerprint density at radius 2 is 1.82 bits per heavy atom. The van der Waals surface area contributed by atoms with Gasteiger partial charge in [0, 0.05) is 31.7 Å². The van der Waals surface area contributed by atoms with Crippen molar-refractivity contribution in [1.29, 1.82) is 0 Å². The highest BCUT2D eigenvalue weighted by Crippen LogP contribution is 2.43. The van der Waals surface area contributed by atoms with E-state index in [2.05, 4.69) is 42.9 Å². The van der Waals surface area contributed by atoms with Crippen LogP contribution in [0.1, 0.15) is 46.5 Å². The topological polar surface area (TPSA) is 38.7 Å². The first-order valence-electron chi connectivity index (χ1n) is 9.11. The maximum atomic E-state index is 9.99. The van der Waals surface area contributed by atoms with E-state index in [1.165, 1.54) is 45.6 Å². The molecule has 0 spiro atoms. The Morgan fingerprint density at radius 1 is 1.14 bits per heavy atom. The maximum absolute atomic E-state index is 9.99. The van der Waals surface area contributed by atoms with Crippen LogP contribution in [0, 0.1) is 11.3 Å². The minimum absolute atomic E-state index is 0.0523. The van der Waals surface area contributed by atoms with Gasteiger partial charge in [-0.2, -0.15) is 0 Å². The summed E-state index contributed by atoms with van der Waals surface area (Å²) in [4.78, 5) is 4.97. The van der Waals surface area contributed by atoms with E-state index in [1.54, 1.807) is 0 Å². The van der Waals surface area contributed by atoms with E-state index in [9.17, 15) is 5.11 Å². The van der Waals surface area contributed by atoms with Gasteiger partial charge in [-0.15, -0.1) is 0 Å². The summed E-state index contributed by atoms with van der Waals surface area (Å²) >= 11 is 0. The largest absolute Gasteiger partial charge is 0.394 e. The van der Waals surface area contributed by atoms with Crippen LogP contribution in [0.3, 0.4) is 0 Å². The Labute approximate surface area is 137 Å². The molecule has 2 fully saturated rings. The molecule has 0 bridgehead atoms. The lowest BCUT2D eigenvalue weighted by atomic mass is 9.64. The number of rotatable bonds is 6. The summed E-state index contributed by atoms with van der Waals surface area (Å²) in [6.07, 6.45) is 4.66. The van der Waals surface area contributed by atoms with E-state index in [0.717, 1.165) is 19.4 Å². The molecule has 2 unspecified atom stereocenters. The fourth-order valence-corrected chi connectivity index (χ4v) is 4.78. The maximum Gasteiger partial charge on any atom is 0.0613 e. The number of aliphatic hydroxyl groups is 1. The average molecular weight is 312 g/mol. The molecule has 0 radical (unpaired) electrons. The van der Waals surface area contributed by atoms with Crippen LogP contribution in [0.4, 0.5) is 0 Å². The van der Waals surface area contributed by atoms with Crippen molar-refractivity contribution in [2.24, 2.45) is 11.3 Å². The van der Waals surface area contributed by atoms with Gasteiger partial charge >= 0.3 is 0 Å². The molecular weight excluding hydrogens is 274 g/mol. The minimum atomic E-state index is -0.0523. The highest BCUT2D eigenvalue weighted by molar-refractivity contribution is 4.98.